The zero-order valence-electron chi connectivity index (χ0n) is 19.3. The Labute approximate surface area is 204 Å². The van der Waals surface area contributed by atoms with Crippen LogP contribution in [0.2, 0.25) is 0 Å². The Kier molecular flexibility index (Phi) is 8.71. The summed E-state index contributed by atoms with van der Waals surface area (Å²) in [6.45, 7) is 1.31. The second-order valence-electron chi connectivity index (χ2n) is 7.57. The molecule has 3 aromatic carbocycles. The molecule has 0 atom stereocenters. The molecule has 0 fully saturated rings. The van der Waals surface area contributed by atoms with Gasteiger partial charge in [-0.3, -0.25) is 9.59 Å². The molecule has 9 nitrogen and oxygen atoms in total. The van der Waals surface area contributed by atoms with Crippen LogP contribution >= 0.6 is 0 Å². The number of hydrogen-bond donors (Lipinski definition) is 2. The van der Waals surface area contributed by atoms with Gasteiger partial charge in [-0.15, -0.1) is 0 Å². The van der Waals surface area contributed by atoms with Crippen LogP contribution < -0.4 is 15.5 Å². The second-order valence-corrected chi connectivity index (χ2v) is 9.62. The van der Waals surface area contributed by atoms with Crippen molar-refractivity contribution in [3.8, 4) is 5.75 Å². The molecule has 2 amide bonds. The molecule has 0 saturated heterocycles. The number of hydrazone groups is 1. The number of rotatable bonds is 10. The summed E-state index contributed by atoms with van der Waals surface area (Å²) in [7, 11) is -2.61. The topological polar surface area (TPSA) is 117 Å². The van der Waals surface area contributed by atoms with Crippen LogP contribution in [0.25, 0.3) is 0 Å². The van der Waals surface area contributed by atoms with E-state index in [1.165, 1.54) is 44.5 Å². The molecule has 0 aliphatic rings. The predicted molar refractivity (Wildman–Crippen MR) is 134 cm³/mol. The Morgan fingerprint density at radius 1 is 0.971 bits per heavy atom. The van der Waals surface area contributed by atoms with Crippen molar-refractivity contribution < 1.29 is 22.7 Å². The lowest BCUT2D eigenvalue weighted by Gasteiger charge is -2.16. The fourth-order valence-electron chi connectivity index (χ4n) is 3.04. The number of amides is 2. The first-order valence-electron chi connectivity index (χ1n) is 10.7. The SMILES string of the molecule is CC(=O)Nc1ccc(S(=O)(=O)N(C)CC(=O)N/N=C\c2ccccc2OCc2ccccc2)cc1. The third-order valence-corrected chi connectivity index (χ3v) is 6.62. The van der Waals surface area contributed by atoms with Crippen LogP contribution in [0.1, 0.15) is 18.1 Å². The van der Waals surface area contributed by atoms with Gasteiger partial charge >= 0.3 is 0 Å². The van der Waals surface area contributed by atoms with Crippen molar-refractivity contribution >= 4 is 33.7 Å². The number of hydrogen-bond acceptors (Lipinski definition) is 6. The summed E-state index contributed by atoms with van der Waals surface area (Å²) in [6, 6.07) is 22.6. The van der Waals surface area contributed by atoms with E-state index in [1.54, 1.807) is 12.1 Å². The average Bonchev–Trinajstić information content (AvgIpc) is 2.84. The van der Waals surface area contributed by atoms with Gasteiger partial charge < -0.3 is 10.1 Å². The zero-order chi connectivity index (χ0) is 25.3. The van der Waals surface area contributed by atoms with Crippen molar-refractivity contribution in [1.82, 2.24) is 9.73 Å². The lowest BCUT2D eigenvalue weighted by molar-refractivity contribution is -0.121. The average molecular weight is 495 g/mol. The monoisotopic (exact) mass is 494 g/mol. The molecule has 0 bridgehead atoms. The second kappa shape index (κ2) is 11.9. The quantitative estimate of drug-likeness (QED) is 0.332. The van der Waals surface area contributed by atoms with E-state index < -0.39 is 22.5 Å². The number of sulfonamides is 1. The molecule has 0 spiro atoms. The number of benzene rings is 3. The minimum atomic E-state index is -3.91. The Morgan fingerprint density at radius 3 is 2.31 bits per heavy atom. The van der Waals surface area contributed by atoms with Gasteiger partial charge in [0.2, 0.25) is 15.9 Å². The molecule has 0 aromatic heterocycles. The van der Waals surface area contributed by atoms with Crippen molar-refractivity contribution in [2.45, 2.75) is 18.4 Å². The smallest absolute Gasteiger partial charge is 0.255 e. The predicted octanol–water partition coefficient (Wildman–Crippen LogP) is 2.99. The van der Waals surface area contributed by atoms with E-state index >= 15 is 0 Å². The molecular weight excluding hydrogens is 468 g/mol. The number of ether oxygens (including phenoxy) is 1. The summed E-state index contributed by atoms with van der Waals surface area (Å²) in [5.74, 6) is -0.276. The highest BCUT2D eigenvalue weighted by Crippen LogP contribution is 2.18. The maximum Gasteiger partial charge on any atom is 0.255 e. The molecule has 182 valence electrons. The molecule has 0 saturated carbocycles. The van der Waals surface area contributed by atoms with Gasteiger partial charge in [-0.25, -0.2) is 13.8 Å². The standard InChI is InChI=1S/C25H26N4O5S/c1-19(30)27-22-12-14-23(15-13-22)35(32,33)29(2)17-25(31)28-26-16-21-10-6-7-11-24(21)34-18-20-8-4-3-5-9-20/h3-16H,17-18H2,1-2H3,(H,27,30)(H,28,31)/b26-16-. The minimum Gasteiger partial charge on any atom is -0.488 e. The lowest BCUT2D eigenvalue weighted by Crippen LogP contribution is -2.36. The van der Waals surface area contributed by atoms with Crippen LogP contribution in [0, 0.1) is 0 Å². The Hall–Kier alpha value is -4.02. The van der Waals surface area contributed by atoms with Gasteiger partial charge in [0.25, 0.3) is 5.91 Å². The summed E-state index contributed by atoms with van der Waals surface area (Å²) in [5.41, 5.74) is 4.48. The van der Waals surface area contributed by atoms with E-state index in [4.69, 9.17) is 4.74 Å². The van der Waals surface area contributed by atoms with E-state index in [2.05, 4.69) is 15.8 Å². The third kappa shape index (κ3) is 7.49. The van der Waals surface area contributed by atoms with E-state index in [0.29, 0.717) is 23.6 Å². The summed E-state index contributed by atoms with van der Waals surface area (Å²) in [6.07, 6.45) is 1.44. The maximum atomic E-state index is 12.7. The molecule has 2 N–H and O–H groups in total. The molecule has 0 heterocycles. The first-order chi connectivity index (χ1) is 16.8. The molecule has 0 aliphatic heterocycles. The summed E-state index contributed by atoms with van der Waals surface area (Å²) >= 11 is 0. The lowest BCUT2D eigenvalue weighted by atomic mass is 10.2. The third-order valence-electron chi connectivity index (χ3n) is 4.80. The van der Waals surface area contributed by atoms with Crippen molar-refractivity contribution in [2.75, 3.05) is 18.9 Å². The van der Waals surface area contributed by atoms with E-state index in [-0.39, 0.29) is 10.8 Å². The van der Waals surface area contributed by atoms with E-state index in [0.717, 1.165) is 9.87 Å². The van der Waals surface area contributed by atoms with E-state index in [9.17, 15) is 18.0 Å². The summed E-state index contributed by atoms with van der Waals surface area (Å²) in [4.78, 5) is 23.4. The summed E-state index contributed by atoms with van der Waals surface area (Å²) in [5, 5.41) is 6.50. The Balaban J connectivity index is 1.57. The molecular formula is C25H26N4O5S. The zero-order valence-corrected chi connectivity index (χ0v) is 20.2. The first-order valence-corrected chi connectivity index (χ1v) is 12.1. The van der Waals surface area contributed by atoms with Crippen molar-refractivity contribution in [2.24, 2.45) is 5.10 Å². The molecule has 35 heavy (non-hydrogen) atoms. The normalized spacial score (nSPS) is 11.4. The number of carbonyl (C=O) groups is 2. The largest absolute Gasteiger partial charge is 0.488 e. The van der Waals surface area contributed by atoms with Gasteiger partial charge in [-0.1, -0.05) is 42.5 Å². The highest BCUT2D eigenvalue weighted by Gasteiger charge is 2.22. The van der Waals surface area contributed by atoms with Gasteiger partial charge in [0.15, 0.2) is 0 Å². The van der Waals surface area contributed by atoms with Gasteiger partial charge in [-0.2, -0.15) is 9.41 Å². The molecule has 0 aliphatic carbocycles. The maximum absolute atomic E-state index is 12.7. The number of nitrogens with one attached hydrogen (secondary N) is 2. The van der Waals surface area contributed by atoms with Gasteiger partial charge in [-0.05, 0) is 42.0 Å². The number of nitrogens with zero attached hydrogens (tertiary/aromatic N) is 2. The summed E-state index contributed by atoms with van der Waals surface area (Å²) < 4.78 is 32.2. The Bertz CT molecular complexity index is 1290. The minimum absolute atomic E-state index is 0.00473. The van der Waals surface area contributed by atoms with Crippen molar-refractivity contribution in [3.63, 3.8) is 0 Å². The van der Waals surface area contributed by atoms with E-state index in [1.807, 2.05) is 42.5 Å². The first kappa shape index (κ1) is 25.6. The number of likely N-dealkylation sites (N-methyl/N-ethyl adjacent to an activating group) is 1. The van der Waals surface area contributed by atoms with Gasteiger partial charge in [0, 0.05) is 25.2 Å². The highest BCUT2D eigenvalue weighted by atomic mass is 32.2. The van der Waals surface area contributed by atoms with Crippen LogP contribution in [0.5, 0.6) is 5.75 Å². The van der Waals surface area contributed by atoms with Crippen LogP contribution in [-0.4, -0.2) is 44.3 Å². The van der Waals surface area contributed by atoms with Crippen LogP contribution in [0.15, 0.2) is 88.9 Å². The van der Waals surface area contributed by atoms with Crippen molar-refractivity contribution in [1.29, 1.82) is 0 Å². The number of para-hydroxylation sites is 1. The van der Waals surface area contributed by atoms with Gasteiger partial charge in [0.05, 0.1) is 17.7 Å². The fourth-order valence-corrected chi connectivity index (χ4v) is 4.17. The van der Waals surface area contributed by atoms with Crippen LogP contribution in [-0.2, 0) is 26.2 Å². The molecule has 3 aromatic rings. The highest BCUT2D eigenvalue weighted by molar-refractivity contribution is 7.89. The number of anilines is 1. The van der Waals surface area contributed by atoms with Crippen LogP contribution in [0.4, 0.5) is 5.69 Å². The molecule has 3 rings (SSSR count). The van der Waals surface area contributed by atoms with Crippen molar-refractivity contribution in [3.05, 3.63) is 90.0 Å². The number of carbonyl (C=O) groups excluding carboxylic acids is 2. The molecule has 0 radical (unpaired) electrons. The molecule has 0 unspecified atom stereocenters. The molecule has 10 heteroatoms. The van der Waals surface area contributed by atoms with Gasteiger partial charge in [0.1, 0.15) is 12.4 Å². The Morgan fingerprint density at radius 2 is 1.63 bits per heavy atom. The van der Waals surface area contributed by atoms with Crippen LogP contribution in [0.3, 0.4) is 0 Å². The fraction of sp³-hybridized carbons (Fsp3) is 0.160.